The minimum absolute atomic E-state index is 0.344. The van der Waals surface area contributed by atoms with Gasteiger partial charge in [0.1, 0.15) is 0 Å². The molecule has 66 valence electrons. The summed E-state index contributed by atoms with van der Waals surface area (Å²) in [6.45, 7) is 2.87. The molecule has 0 N–H and O–H groups in total. The highest BCUT2D eigenvalue weighted by Crippen LogP contribution is 2.53. The second-order valence-electron chi connectivity index (χ2n) is 2.80. The summed E-state index contributed by atoms with van der Waals surface area (Å²) in [5.74, 6) is 0. The molecule has 1 aliphatic heterocycles. The first kappa shape index (κ1) is 10.3. The van der Waals surface area contributed by atoms with Crippen LogP contribution in [0.5, 0.6) is 0 Å². The molecule has 1 aliphatic rings. The summed E-state index contributed by atoms with van der Waals surface area (Å²) in [6, 6.07) is 0. The highest BCUT2D eigenvalue weighted by molar-refractivity contribution is 8.41. The Bertz CT molecular complexity index is 120. The summed E-state index contributed by atoms with van der Waals surface area (Å²) < 4.78 is 11.0. The zero-order valence-corrected chi connectivity index (χ0v) is 9.90. The van der Waals surface area contributed by atoms with Crippen molar-refractivity contribution in [3.8, 4) is 0 Å². The predicted octanol–water partition coefficient (Wildman–Crippen LogP) is 2.55. The summed E-state index contributed by atoms with van der Waals surface area (Å²) in [4.78, 5) is 0. The zero-order valence-electron chi connectivity index (χ0n) is 6.69. The Kier molecular flexibility index (Phi) is 4.73. The van der Waals surface area contributed by atoms with Crippen LogP contribution in [0.25, 0.3) is 0 Å². The first-order valence-corrected chi connectivity index (χ1v) is 8.26. The SMILES string of the molecule is C[C@H]1CC[C@@H](COP(P)P)O1. The van der Waals surface area contributed by atoms with E-state index in [1.54, 1.807) is 0 Å². The summed E-state index contributed by atoms with van der Waals surface area (Å²) in [5.41, 5.74) is 0. The molecular weight excluding hydrogens is 197 g/mol. The first-order valence-electron chi connectivity index (χ1n) is 3.76. The summed E-state index contributed by atoms with van der Waals surface area (Å²) >= 11 is 0. The molecule has 0 aromatic carbocycles. The highest BCUT2D eigenvalue weighted by Gasteiger charge is 2.21. The second-order valence-corrected chi connectivity index (χ2v) is 8.62. The van der Waals surface area contributed by atoms with Gasteiger partial charge in [-0.1, -0.05) is 17.9 Å². The number of hydrogen-bond donors (Lipinski definition) is 0. The molecule has 2 unspecified atom stereocenters. The maximum Gasteiger partial charge on any atom is 0.0816 e. The van der Waals surface area contributed by atoms with Crippen LogP contribution in [0, 0.1) is 0 Å². The molecule has 0 aromatic rings. The Hall–Kier alpha value is 1.21. The van der Waals surface area contributed by atoms with Crippen molar-refractivity contribution in [3.05, 3.63) is 0 Å². The van der Waals surface area contributed by atoms with E-state index in [2.05, 4.69) is 24.8 Å². The molecule has 0 saturated carbocycles. The fourth-order valence-corrected chi connectivity index (χ4v) is 2.03. The molecule has 0 bridgehead atoms. The Morgan fingerprint density at radius 1 is 1.55 bits per heavy atom. The van der Waals surface area contributed by atoms with Gasteiger partial charge in [0.05, 0.1) is 26.3 Å². The van der Waals surface area contributed by atoms with Crippen LogP contribution in [-0.4, -0.2) is 18.8 Å². The molecule has 5 heteroatoms. The molecule has 1 fully saturated rings. The quantitative estimate of drug-likeness (QED) is 0.669. The average molecular weight is 212 g/mol. The molecule has 1 rings (SSSR count). The van der Waals surface area contributed by atoms with E-state index in [0.717, 1.165) is 13.0 Å². The Labute approximate surface area is 73.8 Å². The van der Waals surface area contributed by atoms with E-state index in [-0.39, 0.29) is 7.53 Å². The Balaban J connectivity index is 2.08. The number of ether oxygens (including phenoxy) is 1. The third-order valence-corrected chi connectivity index (χ3v) is 3.07. The van der Waals surface area contributed by atoms with Crippen LogP contribution in [0.2, 0.25) is 0 Å². The van der Waals surface area contributed by atoms with Crippen molar-refractivity contribution in [1.82, 2.24) is 0 Å². The van der Waals surface area contributed by atoms with Gasteiger partial charge in [0, 0.05) is 0 Å². The van der Waals surface area contributed by atoms with Crippen molar-refractivity contribution in [1.29, 1.82) is 0 Å². The maximum absolute atomic E-state index is 5.58. The van der Waals surface area contributed by atoms with Gasteiger partial charge in [0.25, 0.3) is 0 Å². The minimum Gasteiger partial charge on any atom is -0.373 e. The summed E-state index contributed by atoms with van der Waals surface area (Å²) in [6.07, 6.45) is 3.11. The van der Waals surface area contributed by atoms with Crippen LogP contribution in [0.4, 0.5) is 0 Å². The van der Waals surface area contributed by atoms with Gasteiger partial charge in [-0.3, -0.25) is 0 Å². The largest absolute Gasteiger partial charge is 0.373 e. The van der Waals surface area contributed by atoms with E-state index in [9.17, 15) is 0 Å². The average Bonchev–Trinajstić information content (AvgIpc) is 2.31. The molecule has 0 amide bonds. The van der Waals surface area contributed by atoms with Crippen LogP contribution in [0.15, 0.2) is 0 Å². The Morgan fingerprint density at radius 3 is 2.73 bits per heavy atom. The summed E-state index contributed by atoms with van der Waals surface area (Å²) in [7, 11) is 4.91. The van der Waals surface area contributed by atoms with E-state index in [1.807, 2.05) is 0 Å². The second kappa shape index (κ2) is 5.05. The van der Waals surface area contributed by atoms with E-state index in [0.29, 0.717) is 12.2 Å². The van der Waals surface area contributed by atoms with Crippen LogP contribution < -0.4 is 0 Å². The molecule has 0 aliphatic carbocycles. The smallest absolute Gasteiger partial charge is 0.0816 e. The first-order chi connectivity index (χ1) is 5.18. The van der Waals surface area contributed by atoms with Gasteiger partial charge in [-0.25, -0.2) is 0 Å². The molecule has 0 radical (unpaired) electrons. The Morgan fingerprint density at radius 2 is 2.27 bits per heavy atom. The molecule has 0 aromatic heterocycles. The van der Waals surface area contributed by atoms with E-state index >= 15 is 0 Å². The molecule has 1 saturated heterocycles. The number of hydrogen-bond acceptors (Lipinski definition) is 2. The molecular formula is C6H15O2P3. The van der Waals surface area contributed by atoms with Gasteiger partial charge in [0.15, 0.2) is 0 Å². The van der Waals surface area contributed by atoms with E-state index in [4.69, 9.17) is 9.26 Å². The lowest BCUT2D eigenvalue weighted by Gasteiger charge is -2.12. The lowest BCUT2D eigenvalue weighted by molar-refractivity contribution is 0.0303. The van der Waals surface area contributed by atoms with Gasteiger partial charge in [-0.2, -0.15) is 0 Å². The fraction of sp³-hybridized carbons (Fsp3) is 1.00. The molecule has 11 heavy (non-hydrogen) atoms. The predicted molar refractivity (Wildman–Crippen MR) is 55.9 cm³/mol. The van der Waals surface area contributed by atoms with Crippen molar-refractivity contribution in [2.24, 2.45) is 0 Å². The van der Waals surface area contributed by atoms with Crippen LogP contribution >= 0.6 is 25.4 Å². The van der Waals surface area contributed by atoms with Gasteiger partial charge < -0.3 is 9.26 Å². The third kappa shape index (κ3) is 4.11. The van der Waals surface area contributed by atoms with Crippen molar-refractivity contribution >= 4 is 25.4 Å². The summed E-state index contributed by atoms with van der Waals surface area (Å²) in [5, 5.41) is 0. The van der Waals surface area contributed by atoms with E-state index < -0.39 is 0 Å². The highest BCUT2D eigenvalue weighted by atomic mass is 32.4. The monoisotopic (exact) mass is 212 g/mol. The van der Waals surface area contributed by atoms with Gasteiger partial charge in [0.2, 0.25) is 0 Å². The van der Waals surface area contributed by atoms with E-state index in [1.165, 1.54) is 6.42 Å². The lowest BCUT2D eigenvalue weighted by atomic mass is 10.2. The molecule has 0 spiro atoms. The van der Waals surface area contributed by atoms with Crippen molar-refractivity contribution in [2.45, 2.75) is 32.0 Å². The van der Waals surface area contributed by atoms with Gasteiger partial charge in [-0.15, -0.1) is 0 Å². The third-order valence-electron chi connectivity index (χ3n) is 1.73. The molecule has 2 nitrogen and oxygen atoms in total. The number of rotatable bonds is 3. The molecule has 1 heterocycles. The van der Waals surface area contributed by atoms with Gasteiger partial charge >= 0.3 is 0 Å². The van der Waals surface area contributed by atoms with Crippen molar-refractivity contribution < 1.29 is 9.26 Å². The van der Waals surface area contributed by atoms with Crippen LogP contribution in [0.1, 0.15) is 19.8 Å². The zero-order chi connectivity index (χ0) is 8.27. The minimum atomic E-state index is -0.378. The lowest BCUT2D eigenvalue weighted by Crippen LogP contribution is -2.13. The molecule has 4 atom stereocenters. The van der Waals surface area contributed by atoms with Crippen molar-refractivity contribution in [2.75, 3.05) is 6.61 Å². The van der Waals surface area contributed by atoms with Gasteiger partial charge in [-0.05, 0) is 19.8 Å². The van der Waals surface area contributed by atoms with Crippen molar-refractivity contribution in [3.63, 3.8) is 0 Å². The van der Waals surface area contributed by atoms with Crippen LogP contribution in [-0.2, 0) is 9.26 Å². The standard InChI is InChI=1S/C6H15O2P3/c1-5-2-3-6(8-5)4-7-11(9)10/h5-6H,2-4,9-10H2,1H3/t5-,6-/m0/s1. The normalized spacial score (nSPS) is 31.6. The van der Waals surface area contributed by atoms with Crippen LogP contribution in [0.3, 0.4) is 0 Å². The fourth-order valence-electron chi connectivity index (χ4n) is 1.18. The topological polar surface area (TPSA) is 18.5 Å². The maximum atomic E-state index is 5.58.